The van der Waals surface area contributed by atoms with E-state index in [9.17, 15) is 0 Å². The summed E-state index contributed by atoms with van der Waals surface area (Å²) in [5, 5.41) is 3.46. The number of pyridine rings is 1. The average molecular weight is 238 g/mol. The quantitative estimate of drug-likeness (QED) is 0.556. The fourth-order valence-corrected chi connectivity index (χ4v) is 2.27. The van der Waals surface area contributed by atoms with E-state index in [2.05, 4.69) is 36.3 Å². The van der Waals surface area contributed by atoms with Gasteiger partial charge in [0.2, 0.25) is 0 Å². The van der Waals surface area contributed by atoms with Crippen molar-refractivity contribution in [3.8, 4) is 0 Å². The second kappa shape index (κ2) is 8.59. The predicted octanol–water partition coefficient (Wildman–Crippen LogP) is 3.20. The Morgan fingerprint density at radius 3 is 2.69 bits per heavy atom. The molecule has 2 nitrogen and oxygen atoms in total. The Morgan fingerprint density at radius 1 is 1.25 bits per heavy atom. The molecule has 0 aliphatic heterocycles. The number of aromatic nitrogens is 1. The van der Waals surface area contributed by atoms with Crippen molar-refractivity contribution in [2.24, 2.45) is 5.92 Å². The Labute approximate surface area is 103 Å². The summed E-state index contributed by atoms with van der Waals surface area (Å²) < 4.78 is 0. The molecule has 0 saturated heterocycles. The molecule has 0 saturated carbocycles. The summed E-state index contributed by atoms with van der Waals surface area (Å²) in [6.07, 6.45) is 6.25. The maximum absolute atomic E-state index is 4.01. The molecule has 16 heavy (non-hydrogen) atoms. The van der Waals surface area contributed by atoms with Crippen molar-refractivity contribution in [2.75, 3.05) is 18.8 Å². The lowest BCUT2D eigenvalue weighted by molar-refractivity contribution is 0.541. The summed E-state index contributed by atoms with van der Waals surface area (Å²) in [4.78, 5) is 5.33. The zero-order valence-electron chi connectivity index (χ0n) is 10.3. The van der Waals surface area contributed by atoms with Crippen LogP contribution in [0.2, 0.25) is 0 Å². The zero-order chi connectivity index (χ0) is 11.6. The number of nitrogens with zero attached hydrogens (tertiary/aromatic N) is 1. The molecule has 1 rings (SSSR count). The fourth-order valence-electron chi connectivity index (χ4n) is 1.37. The highest BCUT2D eigenvalue weighted by molar-refractivity contribution is 7.99. The van der Waals surface area contributed by atoms with Crippen LogP contribution < -0.4 is 5.32 Å². The first kappa shape index (κ1) is 13.5. The standard InChI is InChI=1S/C13H22N2S/c1-12(2)11-15-7-3-4-10-16-13-5-8-14-9-6-13/h5-6,8-9,12,15H,3-4,7,10-11H2,1-2H3. The van der Waals surface area contributed by atoms with Gasteiger partial charge in [-0.2, -0.15) is 0 Å². The van der Waals surface area contributed by atoms with E-state index in [-0.39, 0.29) is 0 Å². The van der Waals surface area contributed by atoms with Crippen LogP contribution in [0.15, 0.2) is 29.4 Å². The summed E-state index contributed by atoms with van der Waals surface area (Å²) in [6, 6.07) is 4.14. The van der Waals surface area contributed by atoms with Gasteiger partial charge in [0, 0.05) is 17.3 Å². The number of unbranched alkanes of at least 4 members (excludes halogenated alkanes) is 1. The van der Waals surface area contributed by atoms with Gasteiger partial charge < -0.3 is 5.32 Å². The van der Waals surface area contributed by atoms with Crippen LogP contribution in [0.5, 0.6) is 0 Å². The van der Waals surface area contributed by atoms with E-state index in [1.165, 1.54) is 23.5 Å². The third kappa shape index (κ3) is 6.85. The minimum absolute atomic E-state index is 0.756. The van der Waals surface area contributed by atoms with Crippen LogP contribution in [0.4, 0.5) is 0 Å². The SMILES string of the molecule is CC(C)CNCCCCSc1ccncc1. The Balaban J connectivity index is 1.93. The molecule has 0 spiro atoms. The number of thioether (sulfide) groups is 1. The molecule has 0 aliphatic rings. The van der Waals surface area contributed by atoms with E-state index in [0.29, 0.717) is 0 Å². The Morgan fingerprint density at radius 2 is 2.00 bits per heavy atom. The summed E-state index contributed by atoms with van der Waals surface area (Å²) in [7, 11) is 0. The third-order valence-electron chi connectivity index (χ3n) is 2.22. The minimum atomic E-state index is 0.756. The van der Waals surface area contributed by atoms with Gasteiger partial charge in [0.25, 0.3) is 0 Å². The highest BCUT2D eigenvalue weighted by Crippen LogP contribution is 2.17. The second-order valence-electron chi connectivity index (χ2n) is 4.34. The monoisotopic (exact) mass is 238 g/mol. The summed E-state index contributed by atoms with van der Waals surface area (Å²) in [5.74, 6) is 1.96. The third-order valence-corrected chi connectivity index (χ3v) is 3.32. The van der Waals surface area contributed by atoms with Crippen LogP contribution in [0.25, 0.3) is 0 Å². The number of hydrogen-bond acceptors (Lipinski definition) is 3. The van der Waals surface area contributed by atoms with Gasteiger partial charge in [-0.25, -0.2) is 0 Å². The number of hydrogen-bond donors (Lipinski definition) is 1. The van der Waals surface area contributed by atoms with Gasteiger partial charge in [0.1, 0.15) is 0 Å². The van der Waals surface area contributed by atoms with E-state index >= 15 is 0 Å². The number of nitrogens with one attached hydrogen (secondary N) is 1. The van der Waals surface area contributed by atoms with Crippen LogP contribution in [0, 0.1) is 5.92 Å². The van der Waals surface area contributed by atoms with Gasteiger partial charge in [-0.3, -0.25) is 4.98 Å². The van der Waals surface area contributed by atoms with Gasteiger partial charge in [0.05, 0.1) is 0 Å². The molecule has 0 fully saturated rings. The lowest BCUT2D eigenvalue weighted by atomic mass is 10.2. The normalized spacial score (nSPS) is 10.9. The molecular weight excluding hydrogens is 216 g/mol. The van der Waals surface area contributed by atoms with E-state index in [0.717, 1.165) is 19.0 Å². The van der Waals surface area contributed by atoms with E-state index in [4.69, 9.17) is 0 Å². The van der Waals surface area contributed by atoms with Crippen molar-refractivity contribution in [2.45, 2.75) is 31.6 Å². The van der Waals surface area contributed by atoms with Gasteiger partial charge >= 0.3 is 0 Å². The first-order chi connectivity index (χ1) is 7.79. The van der Waals surface area contributed by atoms with Crippen molar-refractivity contribution in [3.63, 3.8) is 0 Å². The Kier molecular flexibility index (Phi) is 7.26. The topological polar surface area (TPSA) is 24.9 Å². The predicted molar refractivity (Wildman–Crippen MR) is 71.9 cm³/mol. The largest absolute Gasteiger partial charge is 0.316 e. The molecule has 1 aromatic rings. The van der Waals surface area contributed by atoms with Crippen molar-refractivity contribution >= 4 is 11.8 Å². The van der Waals surface area contributed by atoms with Crippen molar-refractivity contribution in [3.05, 3.63) is 24.5 Å². The van der Waals surface area contributed by atoms with Gasteiger partial charge in [0.15, 0.2) is 0 Å². The molecule has 0 atom stereocenters. The van der Waals surface area contributed by atoms with Crippen LogP contribution in [-0.2, 0) is 0 Å². The van der Waals surface area contributed by atoms with Crippen LogP contribution >= 0.6 is 11.8 Å². The first-order valence-electron chi connectivity index (χ1n) is 6.02. The molecule has 1 N–H and O–H groups in total. The van der Waals surface area contributed by atoms with Crippen molar-refractivity contribution < 1.29 is 0 Å². The minimum Gasteiger partial charge on any atom is -0.316 e. The molecule has 0 unspecified atom stereocenters. The molecule has 90 valence electrons. The first-order valence-corrected chi connectivity index (χ1v) is 7.01. The summed E-state index contributed by atoms with van der Waals surface area (Å²) in [6.45, 7) is 6.77. The lowest BCUT2D eigenvalue weighted by Crippen LogP contribution is -2.20. The highest BCUT2D eigenvalue weighted by Gasteiger charge is 1.94. The van der Waals surface area contributed by atoms with Crippen LogP contribution in [0.1, 0.15) is 26.7 Å². The lowest BCUT2D eigenvalue weighted by Gasteiger charge is -2.06. The molecule has 0 aromatic carbocycles. The second-order valence-corrected chi connectivity index (χ2v) is 5.50. The summed E-state index contributed by atoms with van der Waals surface area (Å²) in [5.41, 5.74) is 0. The molecule has 0 aliphatic carbocycles. The average Bonchev–Trinajstić information content (AvgIpc) is 2.29. The van der Waals surface area contributed by atoms with Crippen molar-refractivity contribution in [1.82, 2.24) is 10.3 Å². The molecular formula is C13H22N2S. The molecule has 1 heterocycles. The maximum Gasteiger partial charge on any atom is 0.0278 e. The van der Waals surface area contributed by atoms with Gasteiger partial charge in [-0.15, -0.1) is 11.8 Å². The van der Waals surface area contributed by atoms with E-state index in [1.807, 2.05) is 24.2 Å². The summed E-state index contributed by atoms with van der Waals surface area (Å²) >= 11 is 1.92. The molecule has 1 aromatic heterocycles. The van der Waals surface area contributed by atoms with Crippen LogP contribution in [0.3, 0.4) is 0 Å². The van der Waals surface area contributed by atoms with Gasteiger partial charge in [-0.1, -0.05) is 13.8 Å². The fraction of sp³-hybridized carbons (Fsp3) is 0.615. The van der Waals surface area contributed by atoms with Crippen molar-refractivity contribution in [1.29, 1.82) is 0 Å². The Hall–Kier alpha value is -0.540. The Bertz CT molecular complexity index is 262. The number of rotatable bonds is 8. The van der Waals surface area contributed by atoms with Gasteiger partial charge in [-0.05, 0) is 49.7 Å². The molecule has 0 amide bonds. The van der Waals surface area contributed by atoms with Crippen LogP contribution in [-0.4, -0.2) is 23.8 Å². The molecule has 3 heteroatoms. The highest BCUT2D eigenvalue weighted by atomic mass is 32.2. The maximum atomic E-state index is 4.01. The zero-order valence-corrected chi connectivity index (χ0v) is 11.1. The van der Waals surface area contributed by atoms with E-state index < -0.39 is 0 Å². The smallest absolute Gasteiger partial charge is 0.0278 e. The molecule has 0 bridgehead atoms. The molecule has 0 radical (unpaired) electrons. The van der Waals surface area contributed by atoms with E-state index in [1.54, 1.807) is 0 Å².